The summed E-state index contributed by atoms with van der Waals surface area (Å²) in [6.45, 7) is 4.14. The fourth-order valence-corrected chi connectivity index (χ4v) is 6.21. The lowest BCUT2D eigenvalue weighted by Gasteiger charge is -2.37. The largest absolute Gasteiger partial charge is 0.361 e. The van der Waals surface area contributed by atoms with Crippen LogP contribution in [0.2, 0.25) is 0 Å². The SMILES string of the molecule is CC1(C)CC(=O)C2=C(C1)Nc1ccccc1N(CC(=O)NCCc1c[nH]c3ccc(F)cc13)C2c1cc(F)cc(F)c1. The number of aromatic nitrogens is 1. The summed E-state index contributed by atoms with van der Waals surface area (Å²) in [7, 11) is 0. The topological polar surface area (TPSA) is 77.2 Å². The predicted octanol–water partition coefficient (Wildman–Crippen LogP) is 6.56. The molecule has 0 bridgehead atoms. The lowest BCUT2D eigenvalue weighted by atomic mass is 9.73. The van der Waals surface area contributed by atoms with Crippen LogP contribution in [-0.4, -0.2) is 29.8 Å². The van der Waals surface area contributed by atoms with Crippen LogP contribution in [0.1, 0.15) is 43.9 Å². The Morgan fingerprint density at radius 3 is 2.55 bits per heavy atom. The zero-order chi connectivity index (χ0) is 29.6. The second-order valence-electron chi connectivity index (χ2n) is 11.8. The molecule has 1 aliphatic heterocycles. The van der Waals surface area contributed by atoms with Crippen molar-refractivity contribution in [3.63, 3.8) is 0 Å². The van der Waals surface area contributed by atoms with Gasteiger partial charge in [0.1, 0.15) is 17.5 Å². The Morgan fingerprint density at radius 2 is 1.76 bits per heavy atom. The third-order valence-electron chi connectivity index (χ3n) is 7.96. The number of carbonyl (C=O) groups is 2. The van der Waals surface area contributed by atoms with Crippen LogP contribution < -0.4 is 15.5 Å². The molecule has 0 fully saturated rings. The number of Topliss-reactive ketones (excluding diaryl/α,β-unsaturated/α-hetero) is 1. The molecule has 4 aromatic rings. The van der Waals surface area contributed by atoms with E-state index in [9.17, 15) is 22.8 Å². The van der Waals surface area contributed by atoms with Crippen LogP contribution in [0.5, 0.6) is 0 Å². The fraction of sp³-hybridized carbons (Fsp3) is 0.273. The van der Waals surface area contributed by atoms with Gasteiger partial charge in [-0.05, 0) is 71.8 Å². The van der Waals surface area contributed by atoms with Crippen molar-refractivity contribution < 1.29 is 22.8 Å². The number of hydrogen-bond acceptors (Lipinski definition) is 4. The minimum absolute atomic E-state index is 0.131. The Kier molecular flexibility index (Phi) is 7.04. The number of nitrogens with one attached hydrogen (secondary N) is 3. The molecule has 1 aliphatic carbocycles. The summed E-state index contributed by atoms with van der Waals surface area (Å²) in [5.74, 6) is -2.32. The van der Waals surface area contributed by atoms with Crippen molar-refractivity contribution in [3.05, 3.63) is 107 Å². The van der Waals surface area contributed by atoms with Gasteiger partial charge >= 0.3 is 0 Å². The second-order valence-corrected chi connectivity index (χ2v) is 11.8. The summed E-state index contributed by atoms with van der Waals surface area (Å²) in [5, 5.41) is 7.11. The third kappa shape index (κ3) is 5.38. The van der Waals surface area contributed by atoms with Crippen molar-refractivity contribution >= 4 is 34.0 Å². The molecule has 2 aliphatic rings. The Bertz CT molecular complexity index is 1720. The van der Waals surface area contributed by atoms with E-state index in [0.717, 1.165) is 22.5 Å². The number of allylic oxidation sites excluding steroid dienone is 1. The first-order valence-corrected chi connectivity index (χ1v) is 14.0. The fourth-order valence-electron chi connectivity index (χ4n) is 6.21. The first kappa shape index (κ1) is 27.6. The number of hydrogen-bond donors (Lipinski definition) is 3. The number of H-pyrrole nitrogens is 1. The molecule has 2 heterocycles. The normalized spacial score (nSPS) is 17.9. The monoisotopic (exact) mass is 572 g/mol. The number of aromatic amines is 1. The van der Waals surface area contributed by atoms with Crippen molar-refractivity contribution in [2.75, 3.05) is 23.3 Å². The van der Waals surface area contributed by atoms with E-state index in [0.29, 0.717) is 35.5 Å². The molecular weight excluding hydrogens is 541 g/mol. The number of fused-ring (bicyclic) bond motifs is 2. The molecule has 0 spiro atoms. The van der Waals surface area contributed by atoms with E-state index in [4.69, 9.17) is 0 Å². The van der Waals surface area contributed by atoms with Crippen molar-refractivity contribution in [3.8, 4) is 0 Å². The van der Waals surface area contributed by atoms with Crippen LogP contribution in [0.25, 0.3) is 10.9 Å². The van der Waals surface area contributed by atoms with E-state index in [-0.39, 0.29) is 48.0 Å². The molecular formula is C33H31F3N4O2. The quantitative estimate of drug-likeness (QED) is 0.245. The summed E-state index contributed by atoms with van der Waals surface area (Å²) in [6.07, 6.45) is 3.09. The Morgan fingerprint density at radius 1 is 1.00 bits per heavy atom. The van der Waals surface area contributed by atoms with Gasteiger partial charge in [0.15, 0.2) is 5.78 Å². The molecule has 216 valence electrons. The van der Waals surface area contributed by atoms with Crippen LogP contribution in [0.15, 0.2) is 78.1 Å². The van der Waals surface area contributed by atoms with Gasteiger partial charge in [-0.25, -0.2) is 13.2 Å². The average molecular weight is 573 g/mol. The number of ketones is 1. The van der Waals surface area contributed by atoms with E-state index >= 15 is 0 Å². The lowest BCUT2D eigenvalue weighted by Crippen LogP contribution is -2.42. The van der Waals surface area contributed by atoms with Gasteiger partial charge in [-0.2, -0.15) is 0 Å². The van der Waals surface area contributed by atoms with Crippen molar-refractivity contribution in [2.24, 2.45) is 5.41 Å². The van der Waals surface area contributed by atoms with Crippen molar-refractivity contribution in [1.82, 2.24) is 10.3 Å². The van der Waals surface area contributed by atoms with Gasteiger partial charge in [-0.3, -0.25) is 9.59 Å². The molecule has 0 saturated heterocycles. The predicted molar refractivity (Wildman–Crippen MR) is 157 cm³/mol. The molecule has 1 aromatic heterocycles. The number of benzene rings is 3. The van der Waals surface area contributed by atoms with Gasteiger partial charge in [0.05, 0.1) is 24.0 Å². The summed E-state index contributed by atoms with van der Waals surface area (Å²) in [6, 6.07) is 14.2. The Labute approximate surface area is 241 Å². The van der Waals surface area contributed by atoms with Gasteiger partial charge in [-0.1, -0.05) is 26.0 Å². The van der Waals surface area contributed by atoms with Crippen LogP contribution in [0.4, 0.5) is 24.5 Å². The van der Waals surface area contributed by atoms with E-state index in [1.54, 1.807) is 17.2 Å². The molecule has 1 amide bonds. The van der Waals surface area contributed by atoms with Crippen molar-refractivity contribution in [2.45, 2.75) is 39.2 Å². The Balaban J connectivity index is 1.34. The number of halogens is 3. The van der Waals surface area contributed by atoms with E-state index in [1.165, 1.54) is 24.3 Å². The molecule has 1 unspecified atom stereocenters. The maximum absolute atomic E-state index is 14.6. The van der Waals surface area contributed by atoms with E-state index in [1.807, 2.05) is 38.1 Å². The maximum Gasteiger partial charge on any atom is 0.239 e. The molecule has 6 nitrogen and oxygen atoms in total. The van der Waals surface area contributed by atoms with Crippen molar-refractivity contribution in [1.29, 1.82) is 0 Å². The van der Waals surface area contributed by atoms with E-state index in [2.05, 4.69) is 15.6 Å². The highest BCUT2D eigenvalue weighted by atomic mass is 19.1. The molecule has 3 aromatic carbocycles. The molecule has 6 rings (SSSR count). The summed E-state index contributed by atoms with van der Waals surface area (Å²) >= 11 is 0. The van der Waals surface area contributed by atoms with Gasteiger partial charge in [0.2, 0.25) is 5.91 Å². The van der Waals surface area contributed by atoms with Crippen LogP contribution in [0, 0.1) is 22.9 Å². The highest BCUT2D eigenvalue weighted by Gasteiger charge is 2.42. The zero-order valence-electron chi connectivity index (χ0n) is 23.4. The molecule has 0 radical (unpaired) electrons. The maximum atomic E-state index is 14.6. The molecule has 9 heteroatoms. The summed E-state index contributed by atoms with van der Waals surface area (Å²) in [4.78, 5) is 32.0. The van der Waals surface area contributed by atoms with E-state index < -0.39 is 17.7 Å². The highest BCUT2D eigenvalue weighted by molar-refractivity contribution is 6.02. The van der Waals surface area contributed by atoms with Gasteiger partial charge in [0, 0.05) is 47.4 Å². The molecule has 0 saturated carbocycles. The molecule has 1 atom stereocenters. The zero-order valence-corrected chi connectivity index (χ0v) is 23.4. The number of carbonyl (C=O) groups excluding carboxylic acids is 2. The molecule has 42 heavy (non-hydrogen) atoms. The summed E-state index contributed by atoms with van der Waals surface area (Å²) < 4.78 is 42.9. The number of para-hydroxylation sites is 2. The second kappa shape index (κ2) is 10.7. The van der Waals surface area contributed by atoms with Crippen LogP contribution >= 0.6 is 0 Å². The number of anilines is 2. The number of amides is 1. The van der Waals surface area contributed by atoms with Gasteiger partial charge < -0.3 is 20.5 Å². The average Bonchev–Trinajstić information content (AvgIpc) is 3.24. The van der Waals surface area contributed by atoms with Gasteiger partial charge in [0.25, 0.3) is 0 Å². The standard InChI is InChI=1S/C33H31F3N4O2/c1-33(2)15-27-31(29(41)16-33)32(20-11-22(35)13-23(36)12-20)40(28-6-4-3-5-26(28)39-27)18-30(42)37-10-9-19-17-38-25-8-7-21(34)14-24(19)25/h3-8,11-14,17,32,38-39H,9-10,15-16,18H2,1-2H3,(H,37,42). The first-order valence-electron chi connectivity index (χ1n) is 14.0. The van der Waals surface area contributed by atoms with Crippen LogP contribution in [0.3, 0.4) is 0 Å². The lowest BCUT2D eigenvalue weighted by molar-refractivity contribution is -0.120. The number of nitrogens with zero attached hydrogens (tertiary/aromatic N) is 1. The highest BCUT2D eigenvalue weighted by Crippen LogP contribution is 2.48. The summed E-state index contributed by atoms with van der Waals surface area (Å²) in [5.41, 5.74) is 4.04. The van der Waals surface area contributed by atoms with Crippen LogP contribution in [-0.2, 0) is 16.0 Å². The third-order valence-corrected chi connectivity index (χ3v) is 7.96. The number of rotatable bonds is 6. The Hall–Kier alpha value is -4.53. The first-order chi connectivity index (χ1) is 20.1. The minimum Gasteiger partial charge on any atom is -0.361 e. The minimum atomic E-state index is -0.896. The van der Waals surface area contributed by atoms with Gasteiger partial charge in [-0.15, -0.1) is 0 Å². The molecule has 3 N–H and O–H groups in total. The smallest absolute Gasteiger partial charge is 0.239 e.